The molecule has 5 rings (SSSR count). The van der Waals surface area contributed by atoms with E-state index in [9.17, 15) is 9.59 Å². The number of unbranched alkanes of at least 4 members (excludes halogenated alkanes) is 4. The minimum absolute atomic E-state index is 0.0162. The number of allylic oxidation sites excluding steroid dienone is 1. The summed E-state index contributed by atoms with van der Waals surface area (Å²) in [5, 5.41) is 2.81. The quantitative estimate of drug-likeness (QED) is 0.0266. The van der Waals surface area contributed by atoms with E-state index in [0.717, 1.165) is 98.8 Å². The maximum atomic E-state index is 13.2. The molecule has 0 atom stereocenters. The van der Waals surface area contributed by atoms with Gasteiger partial charge in [0.1, 0.15) is 24.2 Å². The van der Waals surface area contributed by atoms with Gasteiger partial charge in [-0.2, -0.15) is 0 Å². The van der Waals surface area contributed by atoms with Crippen molar-refractivity contribution in [1.29, 1.82) is 0 Å². The summed E-state index contributed by atoms with van der Waals surface area (Å²) in [7, 11) is 1.65. The Morgan fingerprint density at radius 2 is 1.40 bits per heavy atom. The highest BCUT2D eigenvalue weighted by Gasteiger charge is 2.29. The van der Waals surface area contributed by atoms with Crippen LogP contribution in [0.15, 0.2) is 61.7 Å². The number of methoxy groups -OCH3 is 1. The van der Waals surface area contributed by atoms with Crippen LogP contribution >= 0.6 is 0 Å². The zero-order chi connectivity index (χ0) is 36.5. The smallest absolute Gasteiger partial charge is 0.330 e. The Hall–Kier alpha value is -3.99. The first kappa shape index (κ1) is 39.2. The number of carbonyl (C=O) groups is 2. The summed E-state index contributed by atoms with van der Waals surface area (Å²) in [6.07, 6.45) is 15.9. The van der Waals surface area contributed by atoms with Gasteiger partial charge >= 0.3 is 11.9 Å². The first-order valence-corrected chi connectivity index (χ1v) is 19.0. The number of ether oxygens (including phenoxy) is 7. The van der Waals surface area contributed by atoms with Crippen LogP contribution in [-0.4, -0.2) is 75.4 Å². The summed E-state index contributed by atoms with van der Waals surface area (Å²) in [6, 6.07) is 11.6. The summed E-state index contributed by atoms with van der Waals surface area (Å²) in [4.78, 5) is 29.3. The van der Waals surface area contributed by atoms with Gasteiger partial charge in [0, 0.05) is 29.5 Å². The number of nitrogens with zero attached hydrogens (tertiary/aromatic N) is 1. The van der Waals surface area contributed by atoms with E-state index in [0.29, 0.717) is 37.0 Å². The molecule has 1 aromatic heterocycles. The van der Waals surface area contributed by atoms with Gasteiger partial charge in [-0.3, -0.25) is 4.79 Å². The lowest BCUT2D eigenvalue weighted by molar-refractivity contribution is -0.141. The molecule has 0 radical (unpaired) electrons. The maximum Gasteiger partial charge on any atom is 0.330 e. The van der Waals surface area contributed by atoms with Gasteiger partial charge in [-0.1, -0.05) is 25.5 Å². The number of esters is 2. The average molecular weight is 718 g/mol. The van der Waals surface area contributed by atoms with E-state index < -0.39 is 5.97 Å². The summed E-state index contributed by atoms with van der Waals surface area (Å²) in [6.45, 7) is 9.36. The first-order valence-electron chi connectivity index (χ1n) is 19.0. The molecule has 3 aromatic rings. The van der Waals surface area contributed by atoms with E-state index in [1.807, 2.05) is 42.5 Å². The predicted molar refractivity (Wildman–Crippen MR) is 201 cm³/mol. The Balaban J connectivity index is 1.13. The van der Waals surface area contributed by atoms with Crippen LogP contribution in [0.25, 0.3) is 21.7 Å². The number of carbonyl (C=O) groups excluding carboxylic acids is 2. The predicted octanol–water partition coefficient (Wildman–Crippen LogP) is 8.47. The lowest BCUT2D eigenvalue weighted by Gasteiger charge is -2.29. The van der Waals surface area contributed by atoms with Crippen molar-refractivity contribution in [2.75, 3.05) is 40.1 Å². The van der Waals surface area contributed by atoms with Crippen molar-refractivity contribution in [3.63, 3.8) is 0 Å². The molecule has 2 aliphatic rings. The number of fused-ring (bicyclic) bond motifs is 3. The molecule has 2 saturated carbocycles. The third-order valence-corrected chi connectivity index (χ3v) is 9.94. The number of aromatic nitrogens is 1. The van der Waals surface area contributed by atoms with Crippen LogP contribution in [0.4, 0.5) is 0 Å². The molecular formula is C42H55NO9. The second-order valence-corrected chi connectivity index (χ2v) is 13.6. The van der Waals surface area contributed by atoms with Crippen LogP contribution in [0, 0.1) is 5.92 Å². The number of pyridine rings is 1. The van der Waals surface area contributed by atoms with Gasteiger partial charge < -0.3 is 33.2 Å². The summed E-state index contributed by atoms with van der Waals surface area (Å²) in [5.74, 6) is 0.962. The minimum atomic E-state index is -0.457. The Labute approximate surface area is 307 Å². The van der Waals surface area contributed by atoms with Gasteiger partial charge in [0.15, 0.2) is 0 Å². The van der Waals surface area contributed by atoms with Gasteiger partial charge in [-0.05, 0) is 106 Å². The number of rotatable bonds is 21. The fraction of sp³-hybridized carbons (Fsp3) is 0.548. The fourth-order valence-corrected chi connectivity index (χ4v) is 6.99. The lowest BCUT2D eigenvalue weighted by atomic mass is 9.87. The van der Waals surface area contributed by atoms with Crippen LogP contribution < -0.4 is 14.2 Å². The summed E-state index contributed by atoms with van der Waals surface area (Å²) >= 11 is 0. The molecule has 0 N–H and O–H groups in total. The Bertz CT molecular complexity index is 1610. The van der Waals surface area contributed by atoms with E-state index >= 15 is 0 Å². The van der Waals surface area contributed by atoms with Crippen LogP contribution in [0.5, 0.6) is 17.4 Å². The van der Waals surface area contributed by atoms with Gasteiger partial charge in [0.2, 0.25) is 5.88 Å². The van der Waals surface area contributed by atoms with E-state index in [1.165, 1.54) is 19.3 Å². The van der Waals surface area contributed by atoms with Gasteiger partial charge in [0.05, 0.1) is 50.6 Å². The number of benzene rings is 2. The second-order valence-electron chi connectivity index (χ2n) is 13.6. The molecule has 0 amide bonds. The normalized spacial score (nSPS) is 20.3. The summed E-state index contributed by atoms with van der Waals surface area (Å²) < 4.78 is 40.6. The van der Waals surface area contributed by atoms with Crippen molar-refractivity contribution in [2.24, 2.45) is 5.92 Å². The minimum Gasteiger partial charge on any atom is -0.497 e. The topological polar surface area (TPSA) is 112 Å². The first-order chi connectivity index (χ1) is 25.5. The molecule has 0 unspecified atom stereocenters. The van der Waals surface area contributed by atoms with E-state index in [1.54, 1.807) is 7.11 Å². The van der Waals surface area contributed by atoms with E-state index in [2.05, 4.69) is 13.2 Å². The highest BCUT2D eigenvalue weighted by atomic mass is 16.6. The standard InChI is InChI=1S/C42H55NO9/c1-4-6-7-8-9-10-23-48-31-13-11-30(12-14-31)42(45)52-35-20-22-37-36-21-19-34(46-3)28-38(36)41(43-39(37)29-35)51-33-17-15-32(16-18-33)49-26-24-47-25-27-50-40(44)5-2/h4-5,19-22,28-33H,1-2,6-18,23-27H2,3H3. The fourth-order valence-electron chi connectivity index (χ4n) is 6.99. The Morgan fingerprint density at radius 1 is 0.731 bits per heavy atom. The molecule has 282 valence electrons. The van der Waals surface area contributed by atoms with Crippen LogP contribution in [0.1, 0.15) is 83.5 Å². The maximum absolute atomic E-state index is 13.2. The molecule has 0 bridgehead atoms. The molecule has 0 saturated heterocycles. The average Bonchev–Trinajstić information content (AvgIpc) is 3.17. The highest BCUT2D eigenvalue weighted by molar-refractivity contribution is 6.08. The largest absolute Gasteiger partial charge is 0.497 e. The van der Waals surface area contributed by atoms with Gasteiger partial charge in [-0.25, -0.2) is 9.78 Å². The highest BCUT2D eigenvalue weighted by Crippen LogP contribution is 2.37. The van der Waals surface area contributed by atoms with Gasteiger partial charge in [-0.15, -0.1) is 6.58 Å². The van der Waals surface area contributed by atoms with E-state index in [4.69, 9.17) is 38.1 Å². The Kier molecular flexibility index (Phi) is 15.8. The van der Waals surface area contributed by atoms with Crippen LogP contribution in [0.3, 0.4) is 0 Å². The molecule has 0 aliphatic heterocycles. The van der Waals surface area contributed by atoms with Crippen molar-refractivity contribution < 1.29 is 42.7 Å². The monoisotopic (exact) mass is 717 g/mol. The van der Waals surface area contributed by atoms with Crippen molar-refractivity contribution >= 4 is 33.6 Å². The lowest BCUT2D eigenvalue weighted by Crippen LogP contribution is -2.29. The Morgan fingerprint density at radius 3 is 2.15 bits per heavy atom. The van der Waals surface area contributed by atoms with Crippen LogP contribution in [0.2, 0.25) is 0 Å². The molecule has 0 spiro atoms. The molecular weight excluding hydrogens is 662 g/mol. The zero-order valence-electron chi connectivity index (χ0n) is 30.7. The molecule has 1 heterocycles. The molecule has 10 heteroatoms. The third-order valence-electron chi connectivity index (χ3n) is 9.94. The van der Waals surface area contributed by atoms with Gasteiger partial charge in [0.25, 0.3) is 0 Å². The van der Waals surface area contributed by atoms with Crippen LogP contribution in [-0.2, 0) is 28.5 Å². The van der Waals surface area contributed by atoms with E-state index in [-0.39, 0.29) is 36.8 Å². The molecule has 2 aliphatic carbocycles. The zero-order valence-corrected chi connectivity index (χ0v) is 30.7. The van der Waals surface area contributed by atoms with Crippen molar-refractivity contribution in [1.82, 2.24) is 4.98 Å². The SMILES string of the molecule is C=CCCCCCCOC1CCC(C(=O)Oc2ccc3c(c2)nc(OC2CCC(OCCOCCOC(=O)C=C)CC2)c2cc(OC)ccc23)CC1. The van der Waals surface area contributed by atoms with Crippen molar-refractivity contribution in [2.45, 2.75) is 102 Å². The third kappa shape index (κ3) is 11.8. The van der Waals surface area contributed by atoms with Crippen molar-refractivity contribution in [3.05, 3.63) is 61.7 Å². The molecule has 2 fully saturated rings. The number of hydrogen-bond acceptors (Lipinski definition) is 10. The number of hydrogen-bond donors (Lipinski definition) is 0. The molecule has 2 aromatic carbocycles. The molecule has 10 nitrogen and oxygen atoms in total. The van der Waals surface area contributed by atoms with Crippen molar-refractivity contribution in [3.8, 4) is 17.4 Å². The summed E-state index contributed by atoms with van der Waals surface area (Å²) in [5.41, 5.74) is 0.704. The molecule has 52 heavy (non-hydrogen) atoms. The second kappa shape index (κ2) is 20.9.